The first-order valence-corrected chi connectivity index (χ1v) is 26.6. The summed E-state index contributed by atoms with van der Waals surface area (Å²) in [5.74, 6) is 0.879. The van der Waals surface area contributed by atoms with Crippen molar-refractivity contribution < 1.29 is 25.9 Å². The Morgan fingerprint density at radius 1 is 0.667 bits per heavy atom. The number of pyridine rings is 1. The van der Waals surface area contributed by atoms with Crippen molar-refractivity contribution in [3.63, 3.8) is 0 Å². The van der Waals surface area contributed by atoms with E-state index in [1.54, 1.807) is 0 Å². The van der Waals surface area contributed by atoms with Crippen molar-refractivity contribution >= 4 is 67.8 Å². The van der Waals surface area contributed by atoms with Gasteiger partial charge in [-0.05, 0) is 96.5 Å². The van der Waals surface area contributed by atoms with Gasteiger partial charge in [-0.1, -0.05) is 165 Å². The van der Waals surface area contributed by atoms with Gasteiger partial charge >= 0.3 is 0 Å². The van der Waals surface area contributed by atoms with Crippen LogP contribution in [0.2, 0.25) is 19.6 Å². The van der Waals surface area contributed by atoms with E-state index in [2.05, 4.69) is 187 Å². The fourth-order valence-electron chi connectivity index (χ4n) is 9.25. The monoisotopic (exact) mass is 1060 g/mol. The van der Waals surface area contributed by atoms with Crippen LogP contribution in [0.1, 0.15) is 104 Å². The van der Waals surface area contributed by atoms with E-state index in [1.165, 1.54) is 49.1 Å². The summed E-state index contributed by atoms with van der Waals surface area (Å²) in [6, 6.07) is 51.7. The number of aromatic nitrogens is 3. The molecule has 7 aromatic carbocycles. The van der Waals surface area contributed by atoms with Crippen molar-refractivity contribution in [3.05, 3.63) is 168 Å². The van der Waals surface area contributed by atoms with Crippen molar-refractivity contribution in [2.75, 3.05) is 0 Å². The Kier molecular flexibility index (Phi) is 12.6. The Labute approximate surface area is 407 Å². The van der Waals surface area contributed by atoms with Gasteiger partial charge in [-0.2, -0.15) is 0 Å². The average molecular weight is 1060 g/mol. The minimum atomic E-state index is -1.50. The molecule has 0 aliphatic carbocycles. The summed E-state index contributed by atoms with van der Waals surface area (Å²) in [6.45, 7) is 26.9. The SMILES string of the molecule is CC(C)c1cc(C(C)(C)C)cc(C(C)C)c1-n1c(-c2[c-]ccc3c2oc2cc4c(ccc5ccccc54)cc23)nc2ccccc21.[2H]C(C)(C)c1cc(-c2[c-]cccc2)ncc1[Si](C)(C)C.[Ir]. The van der Waals surface area contributed by atoms with Gasteiger partial charge in [0.05, 0.1) is 30.5 Å². The Morgan fingerprint density at radius 3 is 2.02 bits per heavy atom. The number of rotatable bonds is 7. The van der Waals surface area contributed by atoms with Crippen molar-refractivity contribution in [1.29, 1.82) is 0 Å². The number of nitrogens with zero attached hydrogens (tertiary/aromatic N) is 3. The summed E-state index contributed by atoms with van der Waals surface area (Å²) in [6.07, 6.45) is 1.98. The van der Waals surface area contributed by atoms with Crippen LogP contribution in [0.4, 0.5) is 0 Å². The van der Waals surface area contributed by atoms with Crippen LogP contribution in [-0.4, -0.2) is 22.6 Å². The van der Waals surface area contributed by atoms with Crippen molar-refractivity contribution in [1.82, 2.24) is 14.5 Å². The van der Waals surface area contributed by atoms with Crippen molar-refractivity contribution in [3.8, 4) is 28.3 Å². The predicted octanol–water partition coefficient (Wildman–Crippen LogP) is 16.5. The molecule has 0 saturated carbocycles. The van der Waals surface area contributed by atoms with E-state index in [1.807, 2.05) is 50.4 Å². The van der Waals surface area contributed by atoms with E-state index in [0.717, 1.165) is 61.2 Å². The van der Waals surface area contributed by atoms with Crippen molar-refractivity contribution in [2.24, 2.45) is 0 Å². The van der Waals surface area contributed by atoms with Gasteiger partial charge in [-0.3, -0.25) is 4.98 Å². The molecule has 0 aliphatic heterocycles. The molecule has 0 N–H and O–H groups in total. The first-order valence-electron chi connectivity index (χ1n) is 23.6. The molecule has 3 aromatic heterocycles. The summed E-state index contributed by atoms with van der Waals surface area (Å²) < 4.78 is 17.6. The summed E-state index contributed by atoms with van der Waals surface area (Å²) >= 11 is 0. The third-order valence-electron chi connectivity index (χ3n) is 12.8. The normalized spacial score (nSPS) is 12.6. The van der Waals surface area contributed by atoms with Crippen LogP contribution in [0.25, 0.3) is 82.8 Å². The number of hydrogen-bond acceptors (Lipinski definition) is 3. The van der Waals surface area contributed by atoms with Crippen LogP contribution in [-0.2, 0) is 25.5 Å². The number of furan rings is 1. The maximum atomic E-state index is 8.44. The maximum absolute atomic E-state index is 8.44. The van der Waals surface area contributed by atoms with Gasteiger partial charge in [0, 0.05) is 38.7 Å². The molecule has 10 rings (SSSR count). The van der Waals surface area contributed by atoms with Crippen molar-refractivity contribution in [2.45, 2.75) is 105 Å². The van der Waals surface area contributed by atoms with Gasteiger partial charge in [0.2, 0.25) is 0 Å². The topological polar surface area (TPSA) is 43.9 Å². The zero-order valence-electron chi connectivity index (χ0n) is 41.4. The van der Waals surface area contributed by atoms with Gasteiger partial charge in [-0.25, -0.2) is 0 Å². The fourth-order valence-corrected chi connectivity index (χ4v) is 10.8. The van der Waals surface area contributed by atoms with Gasteiger partial charge < -0.3 is 14.0 Å². The van der Waals surface area contributed by atoms with Crippen LogP contribution in [0.15, 0.2) is 138 Å². The molecule has 0 atom stereocenters. The van der Waals surface area contributed by atoms with Crippen LogP contribution in [0.5, 0.6) is 0 Å². The fraction of sp³-hybridized carbons (Fsp3) is 0.267. The number of benzene rings is 7. The standard InChI is InChI=1S/C43H39N2O.C17H22NSi.Ir/c1-25(2)33-22-29(43(5,6)7)23-34(26(3)4)40(33)45-38-18-11-10-17-37(38)44-42(45)32-16-12-15-31-36-21-28-20-19-27-13-8-9-14-30(27)35(28)24-39(36)46-41(31)32;1-13(2)15-11-16(14-9-7-6-8-10-14)18-12-17(15)19(3,4)5;/h8-15,17-26H,1-7H3;6-9,11-13H,1-5H3;/q2*-1;/i;13D;. The van der Waals surface area contributed by atoms with Gasteiger partial charge in [0.25, 0.3) is 0 Å². The molecule has 4 nitrogen and oxygen atoms in total. The molecule has 0 amide bonds. The molecule has 3 heterocycles. The molecular formula is C60H61IrN3OSi-2. The minimum absolute atomic E-state index is 0. The summed E-state index contributed by atoms with van der Waals surface area (Å²) in [5, 5.41) is 8.33. The van der Waals surface area contributed by atoms with E-state index < -0.39 is 14.0 Å². The molecule has 0 unspecified atom stereocenters. The largest absolute Gasteiger partial charge is 0.501 e. The Morgan fingerprint density at radius 2 is 1.35 bits per heavy atom. The second-order valence-corrected chi connectivity index (χ2v) is 25.6. The molecular weight excluding hydrogens is 999 g/mol. The van der Waals surface area contributed by atoms with E-state index >= 15 is 0 Å². The summed E-state index contributed by atoms with van der Waals surface area (Å²) in [5.41, 5.74) is 12.9. The molecule has 0 fully saturated rings. The molecule has 10 aromatic rings. The van der Waals surface area contributed by atoms with Gasteiger partial charge in [0.1, 0.15) is 5.58 Å². The van der Waals surface area contributed by atoms with E-state index in [0.29, 0.717) is 11.8 Å². The predicted molar refractivity (Wildman–Crippen MR) is 280 cm³/mol. The van der Waals surface area contributed by atoms with Crippen LogP contribution >= 0.6 is 0 Å². The molecule has 337 valence electrons. The minimum Gasteiger partial charge on any atom is -0.501 e. The van der Waals surface area contributed by atoms with Gasteiger partial charge in [0.15, 0.2) is 0 Å². The smallest absolute Gasteiger partial charge is 0.121 e. The summed E-state index contributed by atoms with van der Waals surface area (Å²) in [7, 11) is -1.50. The molecule has 0 aliphatic rings. The van der Waals surface area contributed by atoms with E-state index in [-0.39, 0.29) is 25.5 Å². The van der Waals surface area contributed by atoms with Crippen LogP contribution in [0, 0.1) is 12.1 Å². The first kappa shape index (κ1) is 45.5. The van der Waals surface area contributed by atoms with E-state index in [9.17, 15) is 0 Å². The summed E-state index contributed by atoms with van der Waals surface area (Å²) in [4.78, 5) is 9.93. The second kappa shape index (κ2) is 18.2. The third kappa shape index (κ3) is 8.72. The zero-order valence-corrected chi connectivity index (χ0v) is 43.8. The molecule has 0 spiro atoms. The molecule has 0 bridgehead atoms. The quantitative estimate of drug-likeness (QED) is 0.0908. The first-order chi connectivity index (χ1) is 31.3. The second-order valence-electron chi connectivity index (χ2n) is 20.5. The van der Waals surface area contributed by atoms with Gasteiger partial charge in [-0.15, -0.1) is 54.1 Å². The molecule has 6 heteroatoms. The third-order valence-corrected chi connectivity index (χ3v) is 14.8. The number of imidazole rings is 1. The number of hydrogen-bond donors (Lipinski definition) is 0. The number of fused-ring (bicyclic) bond motifs is 7. The molecule has 66 heavy (non-hydrogen) atoms. The maximum Gasteiger partial charge on any atom is 0.121 e. The Balaban J connectivity index is 0.000000244. The van der Waals surface area contributed by atoms with Crippen LogP contribution in [0.3, 0.4) is 0 Å². The molecule has 1 radical (unpaired) electrons. The Hall–Kier alpha value is -5.65. The van der Waals surface area contributed by atoms with E-state index in [4.69, 9.17) is 10.8 Å². The Bertz CT molecular complexity index is 3410. The zero-order chi connectivity index (χ0) is 46.9. The molecule has 0 saturated heterocycles. The van der Waals surface area contributed by atoms with Crippen LogP contribution < -0.4 is 5.19 Å². The average Bonchev–Trinajstić information content (AvgIpc) is 3.85. The number of para-hydroxylation sites is 2.